The summed E-state index contributed by atoms with van der Waals surface area (Å²) >= 11 is 0. The molecule has 0 heterocycles. The summed E-state index contributed by atoms with van der Waals surface area (Å²) in [4.78, 5) is 6.44. The Morgan fingerprint density at radius 2 is 0.453 bits per heavy atom. The minimum absolute atomic E-state index is 0.0177. The van der Waals surface area contributed by atoms with Crippen LogP contribution in [0.2, 0.25) is 0 Å². The molecular weight excluding hydrogens is 1120 g/mol. The minimum Gasteiger partial charge on any atom is -0.394 e. The van der Waals surface area contributed by atoms with Gasteiger partial charge in [0.1, 0.15) is 5.41 Å². The van der Waals surface area contributed by atoms with E-state index in [1.165, 1.54) is 0 Å². The number of anilines is 3. The van der Waals surface area contributed by atoms with Gasteiger partial charge in [0, 0.05) is 57.3 Å². The molecule has 0 aliphatic carbocycles. The van der Waals surface area contributed by atoms with E-state index in [9.17, 15) is 5.26 Å². The lowest BCUT2D eigenvalue weighted by Crippen LogP contribution is -2.32. The third-order valence-electron chi connectivity index (χ3n) is 12.7. The van der Waals surface area contributed by atoms with Crippen molar-refractivity contribution < 1.29 is 96.2 Å². The van der Waals surface area contributed by atoms with Gasteiger partial charge in [-0.1, -0.05) is 36.4 Å². The fraction of sp³-hybridized carbons (Fsp3) is 0.694. The summed E-state index contributed by atoms with van der Waals surface area (Å²) in [5.41, 5.74) is 4.13. The van der Waals surface area contributed by atoms with E-state index >= 15 is 0 Å². The van der Waals surface area contributed by atoms with Gasteiger partial charge < -0.3 is 111 Å². The molecule has 0 amide bonds. The Kier molecular flexibility index (Phi) is 47.5. The van der Waals surface area contributed by atoms with Crippen LogP contribution in [0.5, 0.6) is 0 Å². The maximum Gasteiger partial charge on any atom is 0.132 e. The van der Waals surface area contributed by atoms with Crippen LogP contribution in [0.3, 0.4) is 0 Å². The molecule has 0 atom stereocenters. The average Bonchev–Trinajstić information content (AvgIpc) is 1.11. The molecule has 86 heavy (non-hydrogen) atoms. The van der Waals surface area contributed by atoms with Gasteiger partial charge in [-0.25, -0.2) is 0 Å². The molecule has 0 saturated carbocycles. The zero-order valence-electron chi connectivity index (χ0n) is 51.3. The van der Waals surface area contributed by atoms with E-state index in [1.807, 2.05) is 67.5 Å². The summed E-state index contributed by atoms with van der Waals surface area (Å²) in [6.07, 6.45) is 0. The maximum absolute atomic E-state index is 11.6. The van der Waals surface area contributed by atoms with E-state index < -0.39 is 5.41 Å². The minimum atomic E-state index is -1.19. The molecule has 0 radical (unpaired) electrons. The molecule has 0 aromatic heterocycles. The van der Waals surface area contributed by atoms with Gasteiger partial charge in [0.25, 0.3) is 0 Å². The van der Waals surface area contributed by atoms with E-state index in [4.69, 9.17) is 96.2 Å². The van der Waals surface area contributed by atoms with E-state index in [0.29, 0.717) is 211 Å². The predicted octanol–water partition coefficient (Wildman–Crippen LogP) is 2.46. The number of nitrogens with zero attached hydrogens (tertiary/aromatic N) is 4. The average molecular weight is 1220 g/mol. The highest BCUT2D eigenvalue weighted by atomic mass is 16.6. The van der Waals surface area contributed by atoms with Crippen LogP contribution in [0.1, 0.15) is 16.7 Å². The van der Waals surface area contributed by atoms with Crippen molar-refractivity contribution in [2.45, 2.75) is 5.41 Å². The molecule has 3 rings (SSSR count). The van der Waals surface area contributed by atoms with Crippen LogP contribution in [-0.4, -0.2) is 299 Å². The SMILES string of the molecule is CN(C)c1ccc(C(C#N)(c2ccc(N(CCOCCOCCOCCOCCO)CCOCCOCCOCCOCCO)cc2)c2ccc(N(CCOCCOCCOCCOCCO)CCOCCOCCOCCOCCO)cc2)cc1. The van der Waals surface area contributed by atoms with Crippen LogP contribution >= 0.6 is 0 Å². The largest absolute Gasteiger partial charge is 0.394 e. The number of rotatable bonds is 62. The molecule has 490 valence electrons. The first-order valence-electron chi connectivity index (χ1n) is 30.0. The van der Waals surface area contributed by atoms with Gasteiger partial charge in [-0.3, -0.25) is 0 Å². The third kappa shape index (κ3) is 35.1. The smallest absolute Gasteiger partial charge is 0.132 e. The van der Waals surface area contributed by atoms with Gasteiger partial charge in [0.05, 0.1) is 244 Å². The van der Waals surface area contributed by atoms with Crippen molar-refractivity contribution in [1.29, 1.82) is 5.26 Å². The van der Waals surface area contributed by atoms with E-state index in [1.54, 1.807) is 0 Å². The Labute approximate surface area is 510 Å². The molecule has 0 saturated heterocycles. The first kappa shape index (κ1) is 76.0. The summed E-state index contributed by atoms with van der Waals surface area (Å²) in [7, 11) is 3.98. The Morgan fingerprint density at radius 1 is 0.279 bits per heavy atom. The molecule has 4 N–H and O–H groups in total. The van der Waals surface area contributed by atoms with Crippen LogP contribution in [0.4, 0.5) is 17.1 Å². The van der Waals surface area contributed by atoms with Crippen LogP contribution in [-0.2, 0) is 81.2 Å². The fourth-order valence-electron chi connectivity index (χ4n) is 8.29. The highest BCUT2D eigenvalue weighted by Crippen LogP contribution is 2.41. The van der Waals surface area contributed by atoms with Crippen LogP contribution in [0.25, 0.3) is 0 Å². The monoisotopic (exact) mass is 1220 g/mol. The lowest BCUT2D eigenvalue weighted by atomic mass is 9.70. The highest BCUT2D eigenvalue weighted by Gasteiger charge is 2.37. The highest BCUT2D eigenvalue weighted by molar-refractivity contribution is 5.62. The summed E-state index contributed by atoms with van der Waals surface area (Å²) in [5, 5.41) is 46.9. The normalized spacial score (nSPS) is 11.6. The second-order valence-electron chi connectivity index (χ2n) is 19.1. The van der Waals surface area contributed by atoms with Crippen LogP contribution in [0.15, 0.2) is 72.8 Å². The zero-order valence-corrected chi connectivity index (χ0v) is 51.3. The molecule has 0 unspecified atom stereocenters. The summed E-state index contributed by atoms with van der Waals surface area (Å²) in [6.45, 7) is 15.2. The number of hydrogen-bond donors (Lipinski definition) is 4. The second-order valence-corrected chi connectivity index (χ2v) is 19.1. The van der Waals surface area contributed by atoms with Gasteiger partial charge >= 0.3 is 0 Å². The molecule has 0 fully saturated rings. The van der Waals surface area contributed by atoms with E-state index in [0.717, 1.165) is 33.8 Å². The predicted molar refractivity (Wildman–Crippen MR) is 325 cm³/mol. The Bertz CT molecular complexity index is 1840. The number of ether oxygens (including phenoxy) is 16. The number of hydrogen-bond acceptors (Lipinski definition) is 24. The number of benzene rings is 3. The molecule has 0 aliphatic heterocycles. The first-order valence-corrected chi connectivity index (χ1v) is 30.0. The first-order chi connectivity index (χ1) is 42.4. The lowest BCUT2D eigenvalue weighted by Gasteiger charge is -2.31. The number of aliphatic hydroxyl groups is 4. The lowest BCUT2D eigenvalue weighted by molar-refractivity contribution is -0.00592. The van der Waals surface area contributed by atoms with Crippen molar-refractivity contribution in [1.82, 2.24) is 0 Å². The topological polar surface area (TPSA) is 262 Å². The molecule has 0 aliphatic rings. The second kappa shape index (κ2) is 53.7. The van der Waals surface area contributed by atoms with Crippen molar-refractivity contribution in [3.8, 4) is 6.07 Å². The quantitative estimate of drug-likeness (QED) is 0.0467. The van der Waals surface area contributed by atoms with Gasteiger partial charge in [0.15, 0.2) is 0 Å². The zero-order chi connectivity index (χ0) is 61.5. The van der Waals surface area contributed by atoms with Crippen LogP contribution < -0.4 is 14.7 Å². The van der Waals surface area contributed by atoms with Gasteiger partial charge in [-0.15, -0.1) is 0 Å². The van der Waals surface area contributed by atoms with Gasteiger partial charge in [-0.2, -0.15) is 5.26 Å². The number of aliphatic hydroxyl groups excluding tert-OH is 4. The van der Waals surface area contributed by atoms with E-state index in [2.05, 4.69) is 40.1 Å². The molecule has 3 aromatic carbocycles. The van der Waals surface area contributed by atoms with Crippen molar-refractivity contribution >= 4 is 17.1 Å². The Hall–Kier alpha value is -4.25. The van der Waals surface area contributed by atoms with Crippen molar-refractivity contribution in [3.63, 3.8) is 0 Å². The molecule has 0 spiro atoms. The molecule has 24 heteroatoms. The van der Waals surface area contributed by atoms with Gasteiger partial charge in [-0.05, 0) is 53.1 Å². The van der Waals surface area contributed by atoms with Gasteiger partial charge in [0.2, 0.25) is 0 Å². The summed E-state index contributed by atoms with van der Waals surface area (Å²) in [5.74, 6) is 0. The molecule has 0 bridgehead atoms. The number of nitriles is 1. The Morgan fingerprint density at radius 3 is 0.628 bits per heavy atom. The molecule has 24 nitrogen and oxygen atoms in total. The van der Waals surface area contributed by atoms with Crippen molar-refractivity contribution in [3.05, 3.63) is 89.5 Å². The van der Waals surface area contributed by atoms with Crippen molar-refractivity contribution in [2.75, 3.05) is 293 Å². The summed E-state index contributed by atoms with van der Waals surface area (Å²) < 4.78 is 89.8. The molecular formula is C62H102N4O20. The summed E-state index contributed by atoms with van der Waals surface area (Å²) in [6, 6.07) is 27.2. The standard InChI is InChI=1S/C62H102N4O20/c1-64(2)59-9-3-56(4-10-59)62(55-63,57-5-11-60(12-6-57)65(15-23-71-31-39-79-47-51-83-43-35-75-27-19-67)16-24-72-32-40-80-48-52-84-44-36-76-28-20-68)58-7-13-61(14-8-58)66(17-25-73-33-41-81-49-53-85-45-37-77-29-21-69)18-26-74-34-42-82-50-54-86-46-38-78-30-22-70/h3-14,67-70H,15-54H2,1-2H3. The Balaban J connectivity index is 1.76. The van der Waals surface area contributed by atoms with E-state index in [-0.39, 0.29) is 52.9 Å². The molecule has 3 aromatic rings. The maximum atomic E-state index is 11.6. The van der Waals surface area contributed by atoms with Crippen molar-refractivity contribution in [2.24, 2.45) is 0 Å². The van der Waals surface area contributed by atoms with Crippen LogP contribution in [0, 0.1) is 11.3 Å². The third-order valence-corrected chi connectivity index (χ3v) is 12.7. The fourth-order valence-corrected chi connectivity index (χ4v) is 8.29.